The normalized spacial score (nSPS) is 16.8. The maximum absolute atomic E-state index is 12.8. The molecule has 0 spiro atoms. The largest absolute Gasteiger partial charge is 0.464 e. The minimum Gasteiger partial charge on any atom is -0.464 e. The molecular weight excluding hydrogens is 398 g/mol. The van der Waals surface area contributed by atoms with E-state index in [1.165, 1.54) is 11.1 Å². The number of carbonyl (C=O) groups is 1. The SMILES string of the molecule is O=C(Cc1coc2cc3c(cc12)CCC3)Nc1cccc(S(=O)(=O)C2CCCC2)c1. The summed E-state index contributed by atoms with van der Waals surface area (Å²) >= 11 is 0. The van der Waals surface area contributed by atoms with Crippen LogP contribution in [0.15, 0.2) is 52.0 Å². The van der Waals surface area contributed by atoms with Crippen molar-refractivity contribution < 1.29 is 17.6 Å². The van der Waals surface area contributed by atoms with Gasteiger partial charge in [-0.1, -0.05) is 18.9 Å². The van der Waals surface area contributed by atoms with Crippen LogP contribution in [0.5, 0.6) is 0 Å². The monoisotopic (exact) mass is 423 g/mol. The molecule has 1 heterocycles. The molecule has 2 aromatic carbocycles. The summed E-state index contributed by atoms with van der Waals surface area (Å²) in [5.41, 5.74) is 4.87. The molecule has 2 aliphatic carbocycles. The van der Waals surface area contributed by atoms with E-state index in [2.05, 4.69) is 17.4 Å². The predicted octanol–water partition coefficient (Wildman–Crippen LogP) is 4.82. The van der Waals surface area contributed by atoms with E-state index in [4.69, 9.17) is 4.42 Å². The van der Waals surface area contributed by atoms with Crippen LogP contribution in [0, 0.1) is 0 Å². The van der Waals surface area contributed by atoms with Crippen molar-refractivity contribution in [1.82, 2.24) is 0 Å². The van der Waals surface area contributed by atoms with Gasteiger partial charge < -0.3 is 9.73 Å². The summed E-state index contributed by atoms with van der Waals surface area (Å²) in [6.07, 6.45) is 8.52. The van der Waals surface area contributed by atoms with Crippen molar-refractivity contribution in [3.05, 3.63) is 59.4 Å². The second kappa shape index (κ2) is 7.58. The first-order valence-electron chi connectivity index (χ1n) is 10.7. The van der Waals surface area contributed by atoms with E-state index in [9.17, 15) is 13.2 Å². The first kappa shape index (κ1) is 19.4. The third-order valence-corrected chi connectivity index (χ3v) is 8.67. The Labute approximate surface area is 176 Å². The molecular formula is C24H25NO4S. The van der Waals surface area contributed by atoms with Crippen LogP contribution in [0.4, 0.5) is 5.69 Å². The molecule has 1 fully saturated rings. The molecule has 3 aromatic rings. The van der Waals surface area contributed by atoms with Gasteiger partial charge in [0, 0.05) is 16.6 Å². The van der Waals surface area contributed by atoms with Crippen LogP contribution in [-0.2, 0) is 33.9 Å². The Morgan fingerprint density at radius 1 is 1.03 bits per heavy atom. The highest BCUT2D eigenvalue weighted by Gasteiger charge is 2.30. The van der Waals surface area contributed by atoms with E-state index in [0.29, 0.717) is 5.69 Å². The Balaban J connectivity index is 1.33. The summed E-state index contributed by atoms with van der Waals surface area (Å²) in [5.74, 6) is -0.186. The minimum absolute atomic E-state index is 0.186. The number of furan rings is 1. The zero-order valence-corrected chi connectivity index (χ0v) is 17.6. The van der Waals surface area contributed by atoms with Crippen LogP contribution < -0.4 is 5.32 Å². The fourth-order valence-corrected chi connectivity index (χ4v) is 6.70. The maximum Gasteiger partial charge on any atom is 0.228 e. The number of hydrogen-bond acceptors (Lipinski definition) is 4. The van der Waals surface area contributed by atoms with Crippen molar-refractivity contribution in [2.45, 2.75) is 61.5 Å². The standard InChI is InChI=1S/C24H25NO4S/c26-24(13-18-15-29-23-12-17-6-3-5-16(17)11-22(18)23)25-19-7-4-10-21(14-19)30(27,28)20-8-1-2-9-20/h4,7,10-12,14-15,20H,1-3,5-6,8-9,13H2,(H,25,26). The van der Waals surface area contributed by atoms with Crippen molar-refractivity contribution >= 4 is 32.4 Å². The van der Waals surface area contributed by atoms with Crippen LogP contribution in [0.2, 0.25) is 0 Å². The van der Waals surface area contributed by atoms with Gasteiger partial charge in [-0.25, -0.2) is 8.42 Å². The van der Waals surface area contributed by atoms with Gasteiger partial charge in [-0.3, -0.25) is 4.79 Å². The first-order chi connectivity index (χ1) is 14.5. The zero-order valence-electron chi connectivity index (χ0n) is 16.8. The lowest BCUT2D eigenvalue weighted by molar-refractivity contribution is -0.115. The smallest absolute Gasteiger partial charge is 0.228 e. The number of nitrogens with one attached hydrogen (secondary N) is 1. The third-order valence-electron chi connectivity index (χ3n) is 6.41. The molecule has 0 aliphatic heterocycles. The van der Waals surface area contributed by atoms with Crippen LogP contribution in [0.3, 0.4) is 0 Å². The van der Waals surface area contributed by atoms with Gasteiger partial charge in [0.1, 0.15) is 5.58 Å². The molecule has 0 saturated heterocycles. The summed E-state index contributed by atoms with van der Waals surface area (Å²) in [7, 11) is -3.35. The topological polar surface area (TPSA) is 76.4 Å². The average Bonchev–Trinajstić information content (AvgIpc) is 3.48. The van der Waals surface area contributed by atoms with Crippen molar-refractivity contribution in [1.29, 1.82) is 0 Å². The Morgan fingerprint density at radius 2 is 1.80 bits per heavy atom. The van der Waals surface area contributed by atoms with Crippen LogP contribution in [-0.4, -0.2) is 19.6 Å². The van der Waals surface area contributed by atoms with Gasteiger partial charge in [-0.05, 0) is 73.6 Å². The molecule has 0 radical (unpaired) electrons. The number of fused-ring (bicyclic) bond motifs is 2. The van der Waals surface area contributed by atoms with Gasteiger partial charge in [0.05, 0.1) is 22.8 Å². The number of rotatable bonds is 5. The lowest BCUT2D eigenvalue weighted by atomic mass is 10.0. The number of anilines is 1. The highest BCUT2D eigenvalue weighted by Crippen LogP contribution is 2.32. The van der Waals surface area contributed by atoms with E-state index in [-0.39, 0.29) is 22.5 Å². The average molecular weight is 424 g/mol. The molecule has 1 amide bonds. The van der Waals surface area contributed by atoms with E-state index in [0.717, 1.165) is 61.5 Å². The van der Waals surface area contributed by atoms with Crippen LogP contribution in [0.25, 0.3) is 11.0 Å². The first-order valence-corrected chi connectivity index (χ1v) is 12.2. The molecule has 0 atom stereocenters. The Hall–Kier alpha value is -2.60. The van der Waals surface area contributed by atoms with Crippen molar-refractivity contribution in [3.8, 4) is 0 Å². The van der Waals surface area contributed by atoms with Gasteiger partial charge in [-0.2, -0.15) is 0 Å². The number of hydrogen-bond donors (Lipinski definition) is 1. The maximum atomic E-state index is 12.8. The minimum atomic E-state index is -3.35. The van der Waals surface area contributed by atoms with Gasteiger partial charge in [0.25, 0.3) is 0 Å². The number of carbonyl (C=O) groups excluding carboxylic acids is 1. The quantitative estimate of drug-likeness (QED) is 0.638. The molecule has 156 valence electrons. The second-order valence-corrected chi connectivity index (χ2v) is 10.7. The molecule has 1 saturated carbocycles. The van der Waals surface area contributed by atoms with Gasteiger partial charge >= 0.3 is 0 Å². The molecule has 1 N–H and O–H groups in total. The van der Waals surface area contributed by atoms with E-state index in [1.807, 2.05) is 0 Å². The number of amides is 1. The predicted molar refractivity (Wildman–Crippen MR) is 116 cm³/mol. The summed E-state index contributed by atoms with van der Waals surface area (Å²) in [6, 6.07) is 10.9. The van der Waals surface area contributed by atoms with Crippen LogP contribution in [0.1, 0.15) is 48.8 Å². The van der Waals surface area contributed by atoms with Gasteiger partial charge in [0.2, 0.25) is 5.91 Å². The van der Waals surface area contributed by atoms with E-state index >= 15 is 0 Å². The van der Waals surface area contributed by atoms with Crippen molar-refractivity contribution in [3.63, 3.8) is 0 Å². The van der Waals surface area contributed by atoms with Crippen LogP contribution >= 0.6 is 0 Å². The van der Waals surface area contributed by atoms with Gasteiger partial charge in [0.15, 0.2) is 9.84 Å². The summed E-state index contributed by atoms with van der Waals surface area (Å²) in [5, 5.41) is 3.54. The number of sulfone groups is 1. The third kappa shape index (κ3) is 3.54. The van der Waals surface area contributed by atoms with Crippen molar-refractivity contribution in [2.24, 2.45) is 0 Å². The van der Waals surface area contributed by atoms with E-state index in [1.54, 1.807) is 30.5 Å². The molecule has 30 heavy (non-hydrogen) atoms. The molecule has 5 rings (SSSR count). The lowest BCUT2D eigenvalue weighted by Gasteiger charge is -2.12. The molecule has 2 aliphatic rings. The molecule has 0 unspecified atom stereocenters. The number of benzene rings is 2. The summed E-state index contributed by atoms with van der Waals surface area (Å²) in [4.78, 5) is 13.0. The molecule has 1 aromatic heterocycles. The second-order valence-electron chi connectivity index (χ2n) is 8.44. The van der Waals surface area contributed by atoms with E-state index < -0.39 is 9.84 Å². The Morgan fingerprint density at radius 3 is 2.60 bits per heavy atom. The Kier molecular flexibility index (Phi) is 4.89. The molecule has 5 nitrogen and oxygen atoms in total. The highest BCUT2D eigenvalue weighted by atomic mass is 32.2. The fraction of sp³-hybridized carbons (Fsp3) is 0.375. The summed E-state index contributed by atoms with van der Waals surface area (Å²) in [6.45, 7) is 0. The number of aryl methyl sites for hydroxylation is 2. The lowest BCUT2D eigenvalue weighted by Crippen LogP contribution is -2.18. The molecule has 6 heteroatoms. The summed E-state index contributed by atoms with van der Waals surface area (Å²) < 4.78 is 31.4. The van der Waals surface area contributed by atoms with Crippen molar-refractivity contribution in [2.75, 3.05) is 5.32 Å². The highest BCUT2D eigenvalue weighted by molar-refractivity contribution is 7.92. The Bertz CT molecular complexity index is 1220. The zero-order chi connectivity index (χ0) is 20.7. The van der Waals surface area contributed by atoms with Gasteiger partial charge in [-0.15, -0.1) is 0 Å². The molecule has 0 bridgehead atoms. The fourth-order valence-electron chi connectivity index (χ4n) is 4.81.